The molecule has 0 aromatic carbocycles. The van der Waals surface area contributed by atoms with Crippen molar-refractivity contribution in [2.24, 2.45) is 17.3 Å². The molecule has 156 valence electrons. The van der Waals surface area contributed by atoms with E-state index in [-0.39, 0.29) is 5.92 Å². The van der Waals surface area contributed by atoms with Crippen LogP contribution in [0.3, 0.4) is 0 Å². The third-order valence-corrected chi connectivity index (χ3v) is 5.80. The van der Waals surface area contributed by atoms with E-state index in [0.29, 0.717) is 36.4 Å². The average Bonchev–Trinajstić information content (AvgIpc) is 2.91. The van der Waals surface area contributed by atoms with Crippen molar-refractivity contribution >= 4 is 11.8 Å². The first kappa shape index (κ1) is 23.8. The molecule has 2 N–H and O–H groups in total. The van der Waals surface area contributed by atoms with Crippen LogP contribution in [0.25, 0.3) is 0 Å². The zero-order valence-corrected chi connectivity index (χ0v) is 17.2. The topological polar surface area (TPSA) is 74.6 Å². The summed E-state index contributed by atoms with van der Waals surface area (Å²) in [6.07, 6.45) is 12.6. The molecule has 5 heteroatoms. The Morgan fingerprint density at radius 3 is 2.56 bits per heavy atom. The summed E-state index contributed by atoms with van der Waals surface area (Å²) in [6, 6.07) is 0. The van der Waals surface area contributed by atoms with Crippen molar-refractivity contribution in [3.63, 3.8) is 0 Å². The summed E-state index contributed by atoms with van der Waals surface area (Å²) in [5.74, 6) is -4.33. The van der Waals surface area contributed by atoms with Gasteiger partial charge in [-0.15, -0.1) is 0 Å². The molecule has 3 atom stereocenters. The second-order valence-electron chi connectivity index (χ2n) is 8.82. The fourth-order valence-electron chi connectivity index (χ4n) is 4.09. The van der Waals surface area contributed by atoms with E-state index in [2.05, 4.69) is 32.9 Å². The molecule has 0 aromatic rings. The van der Waals surface area contributed by atoms with Crippen LogP contribution in [0, 0.1) is 17.3 Å². The standard InChI is InChI=1S/C22H37FO4/c1-4-14-21(2,3)15-9-7-10-17-12-13-19(24)18(17)11-6-5-8-16-22(23,27)20(25)26/h7,10,17-18,27H,4-6,8-9,11-16H2,1-3H3,(H,25,26)/t17-,18+,22?/m0/s1. The molecule has 1 fully saturated rings. The highest BCUT2D eigenvalue weighted by atomic mass is 19.2. The summed E-state index contributed by atoms with van der Waals surface area (Å²) in [6.45, 7) is 6.81. The number of aliphatic hydroxyl groups is 1. The van der Waals surface area contributed by atoms with E-state index in [1.165, 1.54) is 12.8 Å². The minimum atomic E-state index is -3.14. The highest BCUT2D eigenvalue weighted by Gasteiger charge is 2.35. The van der Waals surface area contributed by atoms with E-state index in [1.54, 1.807) is 0 Å². The number of allylic oxidation sites excluding steroid dienone is 2. The Morgan fingerprint density at radius 1 is 1.22 bits per heavy atom. The number of carbonyl (C=O) groups is 2. The molecule has 0 aromatic heterocycles. The van der Waals surface area contributed by atoms with E-state index in [1.807, 2.05) is 0 Å². The zero-order chi connectivity index (χ0) is 20.5. The highest BCUT2D eigenvalue weighted by Crippen LogP contribution is 2.35. The average molecular weight is 385 g/mol. The lowest BCUT2D eigenvalue weighted by Crippen LogP contribution is -2.32. The normalized spacial score (nSPS) is 23.1. The molecule has 0 spiro atoms. The number of carboxylic acids is 1. The van der Waals surface area contributed by atoms with Gasteiger partial charge in [-0.25, -0.2) is 4.79 Å². The first-order valence-electron chi connectivity index (χ1n) is 10.4. The van der Waals surface area contributed by atoms with Crippen molar-refractivity contribution in [3.05, 3.63) is 12.2 Å². The molecule has 27 heavy (non-hydrogen) atoms. The molecule has 0 amide bonds. The van der Waals surface area contributed by atoms with Gasteiger partial charge in [0.2, 0.25) is 0 Å². The molecule has 0 saturated heterocycles. The molecule has 1 saturated carbocycles. The van der Waals surface area contributed by atoms with Gasteiger partial charge in [0, 0.05) is 18.8 Å². The summed E-state index contributed by atoms with van der Waals surface area (Å²) in [7, 11) is 0. The molecule has 0 aliphatic heterocycles. The molecule has 0 radical (unpaired) electrons. The lowest BCUT2D eigenvalue weighted by molar-refractivity contribution is -0.181. The van der Waals surface area contributed by atoms with Gasteiger partial charge in [-0.2, -0.15) is 4.39 Å². The highest BCUT2D eigenvalue weighted by molar-refractivity contribution is 5.83. The predicted octanol–water partition coefficient (Wildman–Crippen LogP) is 5.44. The van der Waals surface area contributed by atoms with Crippen LogP contribution in [0.15, 0.2) is 12.2 Å². The number of rotatable bonds is 13. The van der Waals surface area contributed by atoms with E-state index < -0.39 is 18.2 Å². The van der Waals surface area contributed by atoms with Gasteiger partial charge in [-0.3, -0.25) is 4.79 Å². The number of ketones is 1. The monoisotopic (exact) mass is 384 g/mol. The van der Waals surface area contributed by atoms with Gasteiger partial charge in [0.1, 0.15) is 5.78 Å². The van der Waals surface area contributed by atoms with Crippen molar-refractivity contribution in [1.82, 2.24) is 0 Å². The second kappa shape index (κ2) is 10.9. The van der Waals surface area contributed by atoms with Crippen LogP contribution in [0.2, 0.25) is 0 Å². The molecule has 1 aliphatic rings. The zero-order valence-electron chi connectivity index (χ0n) is 17.2. The molecule has 0 bridgehead atoms. The Labute approximate surface area is 163 Å². The maximum Gasteiger partial charge on any atom is 0.369 e. The van der Waals surface area contributed by atoms with Crippen molar-refractivity contribution in [2.75, 3.05) is 0 Å². The minimum absolute atomic E-state index is 0.0358. The molecule has 1 aliphatic carbocycles. The number of carbonyl (C=O) groups excluding carboxylic acids is 1. The summed E-state index contributed by atoms with van der Waals surface area (Å²) < 4.78 is 13.3. The van der Waals surface area contributed by atoms with Gasteiger partial charge in [0.25, 0.3) is 0 Å². The van der Waals surface area contributed by atoms with Crippen LogP contribution < -0.4 is 0 Å². The Balaban J connectivity index is 2.35. The van der Waals surface area contributed by atoms with Gasteiger partial charge in [-0.05, 0) is 49.9 Å². The fraction of sp³-hybridized carbons (Fsp3) is 0.818. The van der Waals surface area contributed by atoms with Gasteiger partial charge in [0.05, 0.1) is 0 Å². The maximum absolute atomic E-state index is 13.3. The number of halogens is 1. The Bertz CT molecular complexity index is 510. The van der Waals surface area contributed by atoms with Gasteiger partial charge in [-0.1, -0.05) is 52.2 Å². The van der Waals surface area contributed by atoms with Gasteiger partial charge >= 0.3 is 11.8 Å². The first-order valence-corrected chi connectivity index (χ1v) is 10.4. The van der Waals surface area contributed by atoms with E-state index in [0.717, 1.165) is 32.1 Å². The summed E-state index contributed by atoms with van der Waals surface area (Å²) in [5, 5.41) is 17.6. The second-order valence-corrected chi connectivity index (χ2v) is 8.82. The van der Waals surface area contributed by atoms with Crippen LogP contribution in [-0.2, 0) is 9.59 Å². The number of hydrogen-bond donors (Lipinski definition) is 2. The van der Waals surface area contributed by atoms with Crippen LogP contribution in [0.1, 0.15) is 91.4 Å². The van der Waals surface area contributed by atoms with Crippen LogP contribution in [-0.4, -0.2) is 27.8 Å². The lowest BCUT2D eigenvalue weighted by atomic mass is 9.83. The number of aliphatic carboxylic acids is 1. The molecular formula is C22H37FO4. The lowest BCUT2D eigenvalue weighted by Gasteiger charge is -2.23. The predicted molar refractivity (Wildman–Crippen MR) is 105 cm³/mol. The SMILES string of the molecule is CCCC(C)(C)CCC=C[C@H]1CCC(=O)[C@@H]1CCCCCC(O)(F)C(=O)O. The van der Waals surface area contributed by atoms with Crippen molar-refractivity contribution in [3.8, 4) is 0 Å². The number of unbranched alkanes of at least 4 members (excludes halogenated alkanes) is 2. The van der Waals surface area contributed by atoms with Crippen molar-refractivity contribution in [1.29, 1.82) is 0 Å². The van der Waals surface area contributed by atoms with Crippen LogP contribution in [0.4, 0.5) is 4.39 Å². The Morgan fingerprint density at radius 2 is 1.93 bits per heavy atom. The van der Waals surface area contributed by atoms with Gasteiger partial charge in [0.15, 0.2) is 0 Å². The molecule has 4 nitrogen and oxygen atoms in total. The first-order chi connectivity index (χ1) is 12.6. The Kier molecular flexibility index (Phi) is 9.65. The van der Waals surface area contributed by atoms with Crippen LogP contribution in [0.5, 0.6) is 0 Å². The van der Waals surface area contributed by atoms with Gasteiger partial charge < -0.3 is 10.2 Å². The van der Waals surface area contributed by atoms with E-state index in [9.17, 15) is 14.0 Å². The number of Topliss-reactive ketones (excluding diaryl/α,β-unsaturated/α-hetero) is 1. The van der Waals surface area contributed by atoms with Crippen LogP contribution >= 0.6 is 0 Å². The van der Waals surface area contributed by atoms with Crippen molar-refractivity contribution in [2.45, 2.75) is 97.3 Å². The number of carboxylic acid groups (broad SMARTS) is 1. The third kappa shape index (κ3) is 8.54. The smallest absolute Gasteiger partial charge is 0.369 e. The van der Waals surface area contributed by atoms with E-state index in [4.69, 9.17) is 10.2 Å². The Hall–Kier alpha value is -1.23. The largest absolute Gasteiger partial charge is 0.477 e. The molecule has 1 unspecified atom stereocenters. The molecule has 1 rings (SSSR count). The summed E-state index contributed by atoms with van der Waals surface area (Å²) in [4.78, 5) is 22.7. The minimum Gasteiger partial charge on any atom is -0.477 e. The third-order valence-electron chi connectivity index (χ3n) is 5.80. The van der Waals surface area contributed by atoms with Crippen molar-refractivity contribution < 1.29 is 24.2 Å². The molecule has 0 heterocycles. The fourth-order valence-corrected chi connectivity index (χ4v) is 4.09. The number of alkyl halides is 1. The summed E-state index contributed by atoms with van der Waals surface area (Å²) >= 11 is 0. The number of hydrogen-bond acceptors (Lipinski definition) is 3. The maximum atomic E-state index is 13.3. The molecular weight excluding hydrogens is 347 g/mol. The summed E-state index contributed by atoms with van der Waals surface area (Å²) in [5.41, 5.74) is 0.359. The quantitative estimate of drug-likeness (QED) is 0.328. The van der Waals surface area contributed by atoms with E-state index >= 15 is 0 Å².